The molecule has 0 spiro atoms. The number of carbonyl (C=O) groups excluding carboxylic acids is 3. The first-order chi connectivity index (χ1) is 14.7. The van der Waals surface area contributed by atoms with Crippen LogP contribution in [0.25, 0.3) is 0 Å². The standard InChI is InChI=1S/C23H32BrClO7/c1-22(2,3)31-19(26)9-7-11-29-18-14-17(25)16(24)13-15(18)21(28)30-12-8-10-20(27)32-23(4,5)6/h13-14H,7-12H2,1-6H3. The molecule has 0 radical (unpaired) electrons. The van der Waals surface area contributed by atoms with Gasteiger partial charge in [-0.15, -0.1) is 0 Å². The average Bonchev–Trinajstić information content (AvgIpc) is 2.61. The highest BCUT2D eigenvalue weighted by atomic mass is 79.9. The van der Waals surface area contributed by atoms with E-state index < -0.39 is 17.2 Å². The molecule has 1 rings (SSSR count). The molecule has 9 heteroatoms. The van der Waals surface area contributed by atoms with Gasteiger partial charge in [0.05, 0.1) is 18.2 Å². The fourth-order valence-electron chi connectivity index (χ4n) is 2.45. The lowest BCUT2D eigenvalue weighted by molar-refractivity contribution is -0.156. The monoisotopic (exact) mass is 534 g/mol. The molecule has 0 unspecified atom stereocenters. The molecule has 0 saturated carbocycles. The largest absolute Gasteiger partial charge is 0.493 e. The van der Waals surface area contributed by atoms with E-state index >= 15 is 0 Å². The van der Waals surface area contributed by atoms with Gasteiger partial charge in [0.2, 0.25) is 0 Å². The third kappa shape index (κ3) is 11.7. The highest BCUT2D eigenvalue weighted by molar-refractivity contribution is 9.10. The molecule has 0 aromatic heterocycles. The summed E-state index contributed by atoms with van der Waals surface area (Å²) in [5.74, 6) is -1.02. The van der Waals surface area contributed by atoms with Gasteiger partial charge in [0.15, 0.2) is 0 Å². The van der Waals surface area contributed by atoms with Gasteiger partial charge in [-0.2, -0.15) is 0 Å². The Morgan fingerprint density at radius 2 is 1.38 bits per heavy atom. The van der Waals surface area contributed by atoms with Crippen molar-refractivity contribution in [1.29, 1.82) is 0 Å². The van der Waals surface area contributed by atoms with Crippen LogP contribution >= 0.6 is 27.5 Å². The second-order valence-electron chi connectivity index (χ2n) is 9.13. The van der Waals surface area contributed by atoms with Gasteiger partial charge in [-0.1, -0.05) is 11.6 Å². The number of carbonyl (C=O) groups is 3. The lowest BCUT2D eigenvalue weighted by Crippen LogP contribution is -2.24. The van der Waals surface area contributed by atoms with Crippen LogP contribution in [0.15, 0.2) is 16.6 Å². The Bertz CT molecular complexity index is 810. The van der Waals surface area contributed by atoms with Crippen LogP contribution in [0.1, 0.15) is 77.6 Å². The van der Waals surface area contributed by atoms with E-state index in [1.54, 1.807) is 41.5 Å². The molecule has 7 nitrogen and oxygen atoms in total. The molecule has 0 heterocycles. The highest BCUT2D eigenvalue weighted by Gasteiger charge is 2.20. The zero-order valence-electron chi connectivity index (χ0n) is 19.5. The number of halogens is 2. The number of hydrogen-bond acceptors (Lipinski definition) is 7. The minimum atomic E-state index is -0.603. The predicted octanol–water partition coefficient (Wildman–Crippen LogP) is 5.88. The molecule has 0 fully saturated rings. The smallest absolute Gasteiger partial charge is 0.341 e. The van der Waals surface area contributed by atoms with Crippen LogP contribution in [-0.4, -0.2) is 42.3 Å². The molecule has 0 N–H and O–H groups in total. The summed E-state index contributed by atoms with van der Waals surface area (Å²) in [5, 5.41) is 0.369. The van der Waals surface area contributed by atoms with Gasteiger partial charge in [0.25, 0.3) is 0 Å². The lowest BCUT2D eigenvalue weighted by atomic mass is 10.2. The Morgan fingerprint density at radius 3 is 1.88 bits per heavy atom. The average molecular weight is 536 g/mol. The summed E-state index contributed by atoms with van der Waals surface area (Å²) in [6.45, 7) is 11.0. The highest BCUT2D eigenvalue weighted by Crippen LogP contribution is 2.31. The Hall–Kier alpha value is -1.80. The number of benzene rings is 1. The van der Waals surface area contributed by atoms with Crippen molar-refractivity contribution in [3.8, 4) is 5.75 Å². The Balaban J connectivity index is 2.60. The maximum atomic E-state index is 12.5. The Kier molecular flexibility index (Phi) is 11.0. The zero-order chi connectivity index (χ0) is 24.5. The van der Waals surface area contributed by atoms with Gasteiger partial charge in [0.1, 0.15) is 22.5 Å². The minimum Gasteiger partial charge on any atom is -0.493 e. The van der Waals surface area contributed by atoms with Crippen molar-refractivity contribution in [3.05, 3.63) is 27.2 Å². The van der Waals surface area contributed by atoms with Gasteiger partial charge < -0.3 is 18.9 Å². The van der Waals surface area contributed by atoms with Crippen molar-refractivity contribution in [1.82, 2.24) is 0 Å². The second kappa shape index (κ2) is 12.4. The molecular formula is C23H32BrClO7. The topological polar surface area (TPSA) is 88.1 Å². The van der Waals surface area contributed by atoms with Gasteiger partial charge in [-0.3, -0.25) is 9.59 Å². The van der Waals surface area contributed by atoms with Crippen molar-refractivity contribution < 1.29 is 33.3 Å². The fraction of sp³-hybridized carbons (Fsp3) is 0.609. The molecule has 1 aromatic carbocycles. The van der Waals surface area contributed by atoms with Gasteiger partial charge in [-0.25, -0.2) is 4.79 Å². The van der Waals surface area contributed by atoms with E-state index in [4.69, 9.17) is 30.5 Å². The quantitative estimate of drug-likeness (QED) is 0.210. The van der Waals surface area contributed by atoms with Crippen LogP contribution in [0.5, 0.6) is 5.75 Å². The van der Waals surface area contributed by atoms with E-state index in [9.17, 15) is 14.4 Å². The number of hydrogen-bond donors (Lipinski definition) is 0. The van der Waals surface area contributed by atoms with Crippen LogP contribution in [0.2, 0.25) is 5.02 Å². The zero-order valence-corrected chi connectivity index (χ0v) is 21.9. The maximum Gasteiger partial charge on any atom is 0.341 e. The summed E-state index contributed by atoms with van der Waals surface area (Å²) in [7, 11) is 0. The van der Waals surface area contributed by atoms with Crippen LogP contribution < -0.4 is 4.74 Å². The molecule has 0 atom stereocenters. The molecular weight excluding hydrogens is 504 g/mol. The van der Waals surface area contributed by atoms with Gasteiger partial charge >= 0.3 is 17.9 Å². The van der Waals surface area contributed by atoms with Crippen molar-refractivity contribution in [2.75, 3.05) is 13.2 Å². The summed E-state index contributed by atoms with van der Waals surface area (Å²) in [6.07, 6.45) is 1.07. The van der Waals surface area contributed by atoms with E-state index in [-0.39, 0.29) is 49.3 Å². The molecule has 0 aliphatic rings. The summed E-state index contributed by atoms with van der Waals surface area (Å²) >= 11 is 9.42. The molecule has 0 bridgehead atoms. The van der Waals surface area contributed by atoms with Crippen molar-refractivity contribution in [2.24, 2.45) is 0 Å². The SMILES string of the molecule is CC(C)(C)OC(=O)CCCOC(=O)c1cc(Br)c(Cl)cc1OCCCC(=O)OC(C)(C)C. The molecule has 0 aliphatic carbocycles. The van der Waals surface area contributed by atoms with E-state index in [1.807, 2.05) is 0 Å². The molecule has 0 amide bonds. The minimum absolute atomic E-state index is 0.0520. The number of ether oxygens (including phenoxy) is 4. The summed E-state index contributed by atoms with van der Waals surface area (Å²) < 4.78 is 22.0. The van der Waals surface area contributed by atoms with E-state index in [2.05, 4.69) is 15.9 Å². The number of esters is 3. The molecule has 0 aliphatic heterocycles. The predicted molar refractivity (Wildman–Crippen MR) is 125 cm³/mol. The Morgan fingerprint density at radius 1 is 0.875 bits per heavy atom. The van der Waals surface area contributed by atoms with Crippen LogP contribution in [-0.2, 0) is 23.8 Å². The van der Waals surface area contributed by atoms with Gasteiger partial charge in [0, 0.05) is 23.4 Å². The second-order valence-corrected chi connectivity index (χ2v) is 10.4. The van der Waals surface area contributed by atoms with Crippen LogP contribution in [0.4, 0.5) is 0 Å². The summed E-state index contributed by atoms with van der Waals surface area (Å²) in [6, 6.07) is 3.03. The Labute approximate surface area is 203 Å². The maximum absolute atomic E-state index is 12.5. The van der Waals surface area contributed by atoms with E-state index in [0.717, 1.165) is 0 Å². The van der Waals surface area contributed by atoms with Crippen molar-refractivity contribution in [2.45, 2.75) is 78.4 Å². The summed E-state index contributed by atoms with van der Waals surface area (Å²) in [4.78, 5) is 36.1. The summed E-state index contributed by atoms with van der Waals surface area (Å²) in [5.41, 5.74) is -0.910. The number of rotatable bonds is 10. The normalized spacial score (nSPS) is 11.6. The third-order valence-electron chi connectivity index (χ3n) is 3.62. The molecule has 1 aromatic rings. The molecule has 180 valence electrons. The van der Waals surface area contributed by atoms with Gasteiger partial charge in [-0.05, 0) is 76.4 Å². The first-order valence-corrected chi connectivity index (χ1v) is 11.6. The first-order valence-electron chi connectivity index (χ1n) is 10.4. The fourth-order valence-corrected chi connectivity index (χ4v) is 2.95. The molecule has 32 heavy (non-hydrogen) atoms. The van der Waals surface area contributed by atoms with Crippen molar-refractivity contribution >= 4 is 45.4 Å². The van der Waals surface area contributed by atoms with Crippen LogP contribution in [0, 0.1) is 0 Å². The van der Waals surface area contributed by atoms with Crippen LogP contribution in [0.3, 0.4) is 0 Å². The van der Waals surface area contributed by atoms with E-state index in [1.165, 1.54) is 12.1 Å². The van der Waals surface area contributed by atoms with E-state index in [0.29, 0.717) is 22.3 Å². The molecule has 0 saturated heterocycles. The van der Waals surface area contributed by atoms with Crippen molar-refractivity contribution in [3.63, 3.8) is 0 Å². The first kappa shape index (κ1) is 28.2. The lowest BCUT2D eigenvalue weighted by Gasteiger charge is -2.19. The third-order valence-corrected chi connectivity index (χ3v) is 4.82.